The maximum Gasteiger partial charge on any atom is 0.329 e. The lowest BCUT2D eigenvalue weighted by Gasteiger charge is -2.42. The molecular formula is C23H34N3O3+. The molecule has 4 rings (SSSR count). The van der Waals surface area contributed by atoms with Crippen molar-refractivity contribution in [2.24, 2.45) is 5.92 Å². The Morgan fingerprint density at radius 2 is 1.86 bits per heavy atom. The fraction of sp³-hybridized carbons (Fsp3) is 0.652. The van der Waals surface area contributed by atoms with Gasteiger partial charge in [0.1, 0.15) is 11.3 Å². The number of methoxy groups -OCH3 is 1. The molecule has 0 bridgehead atoms. The zero-order valence-corrected chi connectivity index (χ0v) is 17.7. The predicted molar refractivity (Wildman–Crippen MR) is 111 cm³/mol. The van der Waals surface area contributed by atoms with E-state index < -0.39 is 5.54 Å². The highest BCUT2D eigenvalue weighted by molar-refractivity contribution is 6.06. The monoisotopic (exact) mass is 400 g/mol. The fourth-order valence-electron chi connectivity index (χ4n) is 5.51. The molecule has 0 spiro atoms. The van der Waals surface area contributed by atoms with Crippen LogP contribution in [0.2, 0.25) is 0 Å². The Labute approximate surface area is 173 Å². The Bertz CT molecular complexity index is 748. The number of fused-ring (bicyclic) bond motifs is 1. The second kappa shape index (κ2) is 8.34. The number of nitrogens with one attached hydrogen (secondary N) is 2. The molecule has 158 valence electrons. The number of urea groups is 1. The number of benzene rings is 1. The van der Waals surface area contributed by atoms with Gasteiger partial charge in [0.15, 0.2) is 6.67 Å². The number of imide groups is 1. The zero-order valence-electron chi connectivity index (χ0n) is 17.7. The van der Waals surface area contributed by atoms with Crippen molar-refractivity contribution >= 4 is 11.9 Å². The average Bonchev–Trinajstić information content (AvgIpc) is 2.96. The van der Waals surface area contributed by atoms with Crippen molar-refractivity contribution < 1.29 is 19.2 Å². The van der Waals surface area contributed by atoms with Gasteiger partial charge in [-0.15, -0.1) is 0 Å². The van der Waals surface area contributed by atoms with E-state index in [-0.39, 0.29) is 11.9 Å². The number of carbonyl (C=O) groups excluding carboxylic acids is 2. The highest BCUT2D eigenvalue weighted by Crippen LogP contribution is 2.29. The van der Waals surface area contributed by atoms with E-state index in [9.17, 15) is 9.59 Å². The van der Waals surface area contributed by atoms with Crippen LogP contribution in [0.15, 0.2) is 24.3 Å². The molecule has 2 heterocycles. The van der Waals surface area contributed by atoms with Gasteiger partial charge in [-0.25, -0.2) is 9.69 Å². The molecule has 1 unspecified atom stereocenters. The molecule has 4 atom stereocenters. The van der Waals surface area contributed by atoms with Crippen LogP contribution in [-0.4, -0.2) is 48.7 Å². The lowest BCUT2D eigenvalue weighted by Crippen LogP contribution is -3.19. The molecule has 2 aliphatic heterocycles. The van der Waals surface area contributed by atoms with Crippen LogP contribution in [0, 0.1) is 5.92 Å². The average molecular weight is 401 g/mol. The lowest BCUT2D eigenvalue weighted by atomic mass is 9.78. The van der Waals surface area contributed by atoms with Crippen LogP contribution in [0.25, 0.3) is 0 Å². The fourth-order valence-corrected chi connectivity index (χ4v) is 5.51. The molecule has 0 aromatic heterocycles. The first-order valence-corrected chi connectivity index (χ1v) is 11.1. The molecule has 1 aromatic rings. The first-order chi connectivity index (χ1) is 14.0. The Kier molecular flexibility index (Phi) is 5.81. The number of amides is 3. The molecule has 6 heteroatoms. The maximum absolute atomic E-state index is 13.2. The van der Waals surface area contributed by atoms with Crippen LogP contribution >= 0.6 is 0 Å². The van der Waals surface area contributed by atoms with E-state index in [2.05, 4.69) is 5.32 Å². The second-order valence-electron chi connectivity index (χ2n) is 9.20. The number of nitrogens with zero attached hydrogens (tertiary/aromatic N) is 1. The molecule has 3 amide bonds. The number of rotatable bonds is 6. The second-order valence-corrected chi connectivity index (χ2v) is 9.20. The first kappa shape index (κ1) is 20.2. The summed E-state index contributed by atoms with van der Waals surface area (Å²) in [6.07, 6.45) is 9.02. The van der Waals surface area contributed by atoms with Gasteiger partial charge in [-0.3, -0.25) is 4.79 Å². The molecule has 2 N–H and O–H groups in total. The summed E-state index contributed by atoms with van der Waals surface area (Å²) in [5, 5.41) is 2.98. The molecule has 2 saturated heterocycles. The molecule has 6 nitrogen and oxygen atoms in total. The highest BCUT2D eigenvalue weighted by atomic mass is 16.5. The summed E-state index contributed by atoms with van der Waals surface area (Å²) < 4.78 is 5.20. The topological polar surface area (TPSA) is 63.1 Å². The highest BCUT2D eigenvalue weighted by Gasteiger charge is 2.50. The number of aryl methyl sites for hydroxylation is 1. The molecule has 3 aliphatic rings. The Morgan fingerprint density at radius 3 is 2.62 bits per heavy atom. The number of hydrogen-bond acceptors (Lipinski definition) is 3. The summed E-state index contributed by atoms with van der Waals surface area (Å²) in [5.74, 6) is 1.53. The van der Waals surface area contributed by atoms with Crippen LogP contribution in [0.5, 0.6) is 5.75 Å². The zero-order chi connectivity index (χ0) is 20.4. The van der Waals surface area contributed by atoms with Crippen molar-refractivity contribution in [1.29, 1.82) is 0 Å². The SMILES string of the molecule is COc1ccc(CC[C@@]2(C)NC(=O)N(C[NH+]3CCC[C@H]4CCCC[C@@H]43)C2=O)cc1. The Hall–Kier alpha value is -2.08. The van der Waals surface area contributed by atoms with E-state index in [1.54, 1.807) is 7.11 Å². The van der Waals surface area contributed by atoms with Gasteiger partial charge >= 0.3 is 6.03 Å². The number of hydrogen-bond donors (Lipinski definition) is 2. The van der Waals surface area contributed by atoms with Gasteiger partial charge in [-0.2, -0.15) is 0 Å². The van der Waals surface area contributed by atoms with Crippen LogP contribution < -0.4 is 15.0 Å². The van der Waals surface area contributed by atoms with Gasteiger partial charge in [-0.1, -0.05) is 18.6 Å². The largest absolute Gasteiger partial charge is 0.497 e. The molecule has 0 radical (unpaired) electrons. The van der Waals surface area contributed by atoms with Crippen molar-refractivity contribution in [2.45, 2.75) is 69.9 Å². The van der Waals surface area contributed by atoms with Gasteiger partial charge in [0.2, 0.25) is 0 Å². The summed E-state index contributed by atoms with van der Waals surface area (Å²) in [6, 6.07) is 8.28. The van der Waals surface area contributed by atoms with E-state index in [1.807, 2.05) is 31.2 Å². The van der Waals surface area contributed by atoms with E-state index >= 15 is 0 Å². The summed E-state index contributed by atoms with van der Waals surface area (Å²) in [5.41, 5.74) is 0.317. The molecule has 3 fully saturated rings. The minimum Gasteiger partial charge on any atom is -0.497 e. The maximum atomic E-state index is 13.2. The number of likely N-dealkylation sites (tertiary alicyclic amines) is 1. The van der Waals surface area contributed by atoms with Gasteiger partial charge in [0, 0.05) is 5.92 Å². The van der Waals surface area contributed by atoms with Crippen molar-refractivity contribution in [3.63, 3.8) is 0 Å². The molecular weight excluding hydrogens is 366 g/mol. The number of carbonyl (C=O) groups is 2. The van der Waals surface area contributed by atoms with Crippen LogP contribution in [-0.2, 0) is 11.2 Å². The van der Waals surface area contributed by atoms with Gasteiger partial charge in [-0.05, 0) is 69.6 Å². The molecule has 1 saturated carbocycles. The smallest absolute Gasteiger partial charge is 0.329 e. The quantitative estimate of drug-likeness (QED) is 0.719. The Balaban J connectivity index is 1.39. The summed E-state index contributed by atoms with van der Waals surface area (Å²) in [7, 11) is 1.65. The van der Waals surface area contributed by atoms with E-state index in [0.29, 0.717) is 19.1 Å². The van der Waals surface area contributed by atoms with Crippen molar-refractivity contribution in [2.75, 3.05) is 20.3 Å². The number of piperidine rings is 1. The molecule has 29 heavy (non-hydrogen) atoms. The minimum atomic E-state index is -0.821. The van der Waals surface area contributed by atoms with Gasteiger partial charge < -0.3 is 15.0 Å². The van der Waals surface area contributed by atoms with Crippen LogP contribution in [0.3, 0.4) is 0 Å². The van der Waals surface area contributed by atoms with Crippen molar-refractivity contribution in [3.05, 3.63) is 29.8 Å². The summed E-state index contributed by atoms with van der Waals surface area (Å²) >= 11 is 0. The Morgan fingerprint density at radius 1 is 1.14 bits per heavy atom. The molecule has 1 aromatic carbocycles. The summed E-state index contributed by atoms with van der Waals surface area (Å²) in [4.78, 5) is 28.8. The van der Waals surface area contributed by atoms with Crippen LogP contribution in [0.4, 0.5) is 4.79 Å². The van der Waals surface area contributed by atoms with Crippen LogP contribution in [0.1, 0.15) is 57.4 Å². The third-order valence-electron chi connectivity index (χ3n) is 7.29. The third kappa shape index (κ3) is 4.13. The van der Waals surface area contributed by atoms with Gasteiger partial charge in [0.25, 0.3) is 5.91 Å². The lowest BCUT2D eigenvalue weighted by molar-refractivity contribution is -0.942. The van der Waals surface area contributed by atoms with Crippen molar-refractivity contribution in [3.8, 4) is 5.75 Å². The normalized spacial score (nSPS) is 32.1. The summed E-state index contributed by atoms with van der Waals surface area (Å²) in [6.45, 7) is 3.45. The minimum absolute atomic E-state index is 0.0681. The van der Waals surface area contributed by atoms with E-state index in [4.69, 9.17) is 4.74 Å². The third-order valence-corrected chi connectivity index (χ3v) is 7.29. The van der Waals surface area contributed by atoms with Gasteiger partial charge in [0.05, 0.1) is 19.7 Å². The van der Waals surface area contributed by atoms with Crippen molar-refractivity contribution in [1.82, 2.24) is 10.2 Å². The van der Waals surface area contributed by atoms with E-state index in [0.717, 1.165) is 30.2 Å². The standard InChI is InChI=1S/C23H33N3O3/c1-23(14-13-17-9-11-19(29-2)12-10-17)21(27)26(22(28)24-23)16-25-15-5-7-18-6-3-4-8-20(18)25/h9-12,18,20H,3-8,13-16H2,1-2H3,(H,24,28)/p+1/t18-,20+,23-/m1/s1. The number of ether oxygens (including phenoxy) is 1. The number of quaternary nitrogens is 1. The predicted octanol–water partition coefficient (Wildman–Crippen LogP) is 2.13. The molecule has 1 aliphatic carbocycles. The van der Waals surface area contributed by atoms with E-state index in [1.165, 1.54) is 48.3 Å². The first-order valence-electron chi connectivity index (χ1n) is 11.1.